The van der Waals surface area contributed by atoms with Crippen molar-refractivity contribution < 1.29 is 23.8 Å². The standard InChI is InChI=1S/C15H18N2O5/c1-20-14(18)9-22-11-3-4-13-12(7-11)10(8-17-13)5-6-16-15(19)21-2/h3-4,7-8,17H,5-6,9H2,1-2H3,(H,16,19). The van der Waals surface area contributed by atoms with Gasteiger partial charge in [-0.05, 0) is 30.2 Å². The Morgan fingerprint density at radius 3 is 2.77 bits per heavy atom. The molecule has 0 saturated carbocycles. The zero-order chi connectivity index (χ0) is 15.9. The summed E-state index contributed by atoms with van der Waals surface area (Å²) in [5.74, 6) is 0.149. The minimum Gasteiger partial charge on any atom is -0.482 e. The van der Waals surface area contributed by atoms with Crippen molar-refractivity contribution in [3.05, 3.63) is 30.0 Å². The molecule has 2 rings (SSSR count). The van der Waals surface area contributed by atoms with E-state index in [-0.39, 0.29) is 6.61 Å². The van der Waals surface area contributed by atoms with Gasteiger partial charge in [0.05, 0.1) is 14.2 Å². The van der Waals surface area contributed by atoms with E-state index in [1.807, 2.05) is 18.3 Å². The number of benzene rings is 1. The van der Waals surface area contributed by atoms with Gasteiger partial charge in [-0.15, -0.1) is 0 Å². The Kier molecular flexibility index (Phi) is 5.24. The van der Waals surface area contributed by atoms with Crippen LogP contribution in [0.25, 0.3) is 10.9 Å². The van der Waals surface area contributed by atoms with Crippen LogP contribution in [0.15, 0.2) is 24.4 Å². The molecule has 0 aliphatic carbocycles. The second-order valence-electron chi connectivity index (χ2n) is 4.55. The summed E-state index contributed by atoms with van der Waals surface area (Å²) in [5, 5.41) is 3.61. The first-order chi connectivity index (χ1) is 10.6. The molecule has 7 heteroatoms. The largest absolute Gasteiger partial charge is 0.482 e. The second-order valence-corrected chi connectivity index (χ2v) is 4.55. The quantitative estimate of drug-likeness (QED) is 0.792. The predicted octanol–water partition coefficient (Wildman–Crippen LogP) is 1.62. The van der Waals surface area contributed by atoms with Crippen LogP contribution in [0.4, 0.5) is 4.79 Å². The van der Waals surface area contributed by atoms with Crippen molar-refractivity contribution in [2.45, 2.75) is 6.42 Å². The third-order valence-corrected chi connectivity index (χ3v) is 3.17. The fourth-order valence-corrected chi connectivity index (χ4v) is 2.03. The predicted molar refractivity (Wildman–Crippen MR) is 79.9 cm³/mol. The number of amides is 1. The Morgan fingerprint density at radius 1 is 1.23 bits per heavy atom. The van der Waals surface area contributed by atoms with E-state index < -0.39 is 12.1 Å². The number of aromatic nitrogens is 1. The van der Waals surface area contributed by atoms with Gasteiger partial charge < -0.3 is 24.5 Å². The molecule has 0 spiro atoms. The average Bonchev–Trinajstić information content (AvgIpc) is 2.94. The number of nitrogens with one attached hydrogen (secondary N) is 2. The number of hydrogen-bond donors (Lipinski definition) is 2. The molecule has 22 heavy (non-hydrogen) atoms. The van der Waals surface area contributed by atoms with Crippen LogP contribution in [0, 0.1) is 0 Å². The molecule has 1 aromatic carbocycles. The Hall–Kier alpha value is -2.70. The molecule has 2 N–H and O–H groups in total. The minimum absolute atomic E-state index is 0.133. The topological polar surface area (TPSA) is 89.7 Å². The third kappa shape index (κ3) is 3.91. The number of carbonyl (C=O) groups is 2. The lowest BCUT2D eigenvalue weighted by Gasteiger charge is -2.06. The summed E-state index contributed by atoms with van der Waals surface area (Å²) in [5.41, 5.74) is 1.99. The van der Waals surface area contributed by atoms with E-state index in [1.165, 1.54) is 14.2 Å². The molecule has 0 fully saturated rings. The Bertz CT molecular complexity index is 665. The van der Waals surface area contributed by atoms with Crippen LogP contribution in [0.3, 0.4) is 0 Å². The van der Waals surface area contributed by atoms with Gasteiger partial charge in [-0.3, -0.25) is 0 Å². The highest BCUT2D eigenvalue weighted by molar-refractivity contribution is 5.84. The zero-order valence-corrected chi connectivity index (χ0v) is 12.5. The summed E-state index contributed by atoms with van der Waals surface area (Å²) in [6.07, 6.45) is 2.07. The van der Waals surface area contributed by atoms with Crippen molar-refractivity contribution in [3.8, 4) is 5.75 Å². The van der Waals surface area contributed by atoms with E-state index >= 15 is 0 Å². The monoisotopic (exact) mass is 306 g/mol. The fourth-order valence-electron chi connectivity index (χ4n) is 2.03. The maximum atomic E-state index is 11.1. The minimum atomic E-state index is -0.457. The van der Waals surface area contributed by atoms with Crippen LogP contribution < -0.4 is 10.1 Å². The summed E-state index contributed by atoms with van der Waals surface area (Å²) in [6, 6.07) is 5.50. The van der Waals surface area contributed by atoms with E-state index in [9.17, 15) is 9.59 Å². The first-order valence-electron chi connectivity index (χ1n) is 6.75. The molecule has 1 aromatic heterocycles. The number of esters is 1. The van der Waals surface area contributed by atoms with Crippen molar-refractivity contribution in [2.24, 2.45) is 0 Å². The molecule has 0 aliphatic rings. The lowest BCUT2D eigenvalue weighted by Crippen LogP contribution is -2.25. The van der Waals surface area contributed by atoms with Crippen LogP contribution >= 0.6 is 0 Å². The zero-order valence-electron chi connectivity index (χ0n) is 12.5. The summed E-state index contributed by atoms with van der Waals surface area (Å²) >= 11 is 0. The van der Waals surface area contributed by atoms with Gasteiger partial charge in [-0.1, -0.05) is 0 Å². The molecule has 118 valence electrons. The van der Waals surface area contributed by atoms with Crippen molar-refractivity contribution in [1.82, 2.24) is 10.3 Å². The van der Waals surface area contributed by atoms with E-state index in [2.05, 4.69) is 19.8 Å². The van der Waals surface area contributed by atoms with Crippen LogP contribution in [0.1, 0.15) is 5.56 Å². The van der Waals surface area contributed by atoms with Gasteiger partial charge in [0, 0.05) is 23.6 Å². The number of rotatable bonds is 6. The van der Waals surface area contributed by atoms with E-state index in [1.54, 1.807) is 6.07 Å². The first-order valence-corrected chi connectivity index (χ1v) is 6.75. The first kappa shape index (κ1) is 15.7. The van der Waals surface area contributed by atoms with Crippen molar-refractivity contribution in [2.75, 3.05) is 27.4 Å². The summed E-state index contributed by atoms with van der Waals surface area (Å²) in [4.78, 5) is 25.3. The molecular formula is C15H18N2O5. The molecule has 0 atom stereocenters. The molecule has 1 amide bonds. The fraction of sp³-hybridized carbons (Fsp3) is 0.333. The van der Waals surface area contributed by atoms with E-state index in [0.29, 0.717) is 18.7 Å². The Morgan fingerprint density at radius 2 is 2.05 bits per heavy atom. The number of aromatic amines is 1. The number of methoxy groups -OCH3 is 2. The Labute approximate surface area is 127 Å². The van der Waals surface area contributed by atoms with Gasteiger partial charge in [-0.25, -0.2) is 9.59 Å². The second kappa shape index (κ2) is 7.35. The van der Waals surface area contributed by atoms with Crippen molar-refractivity contribution in [3.63, 3.8) is 0 Å². The Balaban J connectivity index is 2.05. The smallest absolute Gasteiger partial charge is 0.406 e. The number of alkyl carbamates (subject to hydrolysis) is 1. The molecule has 0 radical (unpaired) electrons. The van der Waals surface area contributed by atoms with Crippen molar-refractivity contribution in [1.29, 1.82) is 0 Å². The third-order valence-electron chi connectivity index (χ3n) is 3.17. The van der Waals surface area contributed by atoms with Gasteiger partial charge >= 0.3 is 12.1 Å². The average molecular weight is 306 g/mol. The van der Waals surface area contributed by atoms with Crippen LogP contribution in [0.2, 0.25) is 0 Å². The number of ether oxygens (including phenoxy) is 3. The molecule has 0 aliphatic heterocycles. The molecule has 1 heterocycles. The SMILES string of the molecule is COC(=O)COc1ccc2[nH]cc(CCNC(=O)OC)c2c1. The number of hydrogen-bond acceptors (Lipinski definition) is 5. The molecule has 2 aromatic rings. The highest BCUT2D eigenvalue weighted by Crippen LogP contribution is 2.24. The normalized spacial score (nSPS) is 10.3. The lowest BCUT2D eigenvalue weighted by atomic mass is 10.1. The number of H-pyrrole nitrogens is 1. The molecule has 0 bridgehead atoms. The highest BCUT2D eigenvalue weighted by Gasteiger charge is 2.08. The van der Waals surface area contributed by atoms with Crippen LogP contribution in [0.5, 0.6) is 5.75 Å². The van der Waals surface area contributed by atoms with Gasteiger partial charge in [0.25, 0.3) is 0 Å². The number of fused-ring (bicyclic) bond motifs is 1. The van der Waals surface area contributed by atoms with E-state index in [4.69, 9.17) is 4.74 Å². The van der Waals surface area contributed by atoms with Crippen molar-refractivity contribution >= 4 is 23.0 Å². The maximum absolute atomic E-state index is 11.1. The van der Waals surface area contributed by atoms with Gasteiger partial charge in [0.1, 0.15) is 5.75 Å². The van der Waals surface area contributed by atoms with Crippen LogP contribution in [-0.2, 0) is 20.7 Å². The molecule has 0 unspecified atom stereocenters. The summed E-state index contributed by atoms with van der Waals surface area (Å²) < 4.78 is 14.4. The lowest BCUT2D eigenvalue weighted by molar-refractivity contribution is -0.142. The maximum Gasteiger partial charge on any atom is 0.406 e. The van der Waals surface area contributed by atoms with Gasteiger partial charge in [0.2, 0.25) is 0 Å². The molecule has 0 saturated heterocycles. The number of carbonyl (C=O) groups excluding carboxylic acids is 2. The van der Waals surface area contributed by atoms with Gasteiger partial charge in [-0.2, -0.15) is 0 Å². The summed E-state index contributed by atoms with van der Waals surface area (Å²) in [6.45, 7) is 0.332. The summed E-state index contributed by atoms with van der Waals surface area (Å²) in [7, 11) is 2.64. The highest BCUT2D eigenvalue weighted by atomic mass is 16.6. The molecule has 7 nitrogen and oxygen atoms in total. The van der Waals surface area contributed by atoms with Crippen LogP contribution in [-0.4, -0.2) is 44.4 Å². The molecular weight excluding hydrogens is 288 g/mol. The van der Waals surface area contributed by atoms with Gasteiger partial charge in [0.15, 0.2) is 6.61 Å². The van der Waals surface area contributed by atoms with E-state index in [0.717, 1.165) is 16.5 Å².